The van der Waals surface area contributed by atoms with Crippen molar-refractivity contribution in [1.82, 2.24) is 4.90 Å². The molecule has 0 unspecified atom stereocenters. The number of hydrogen-bond acceptors (Lipinski definition) is 3. The third-order valence-corrected chi connectivity index (χ3v) is 4.68. The van der Waals surface area contributed by atoms with Gasteiger partial charge in [0, 0.05) is 23.5 Å². The van der Waals surface area contributed by atoms with Gasteiger partial charge in [0.2, 0.25) is 0 Å². The largest absolute Gasteiger partial charge is 0.350 e. The highest BCUT2D eigenvalue weighted by molar-refractivity contribution is 9.10. The number of likely N-dealkylation sites (tertiary alicyclic amines) is 1. The van der Waals surface area contributed by atoms with Crippen LogP contribution in [-0.2, 0) is 9.47 Å². The first-order valence-electron chi connectivity index (χ1n) is 7.12. The van der Waals surface area contributed by atoms with Crippen LogP contribution in [0.2, 0.25) is 0 Å². The number of carbonyl (C=O) groups excluding carboxylic acids is 1. The van der Waals surface area contributed by atoms with Gasteiger partial charge in [-0.3, -0.25) is 4.79 Å². The first kappa shape index (κ1) is 14.9. The van der Waals surface area contributed by atoms with E-state index < -0.39 is 0 Å². The molecule has 2 aliphatic heterocycles. The van der Waals surface area contributed by atoms with Crippen LogP contribution in [0, 0.1) is 11.7 Å². The summed E-state index contributed by atoms with van der Waals surface area (Å²) < 4.78 is 24.7. The van der Waals surface area contributed by atoms with Crippen LogP contribution in [0.15, 0.2) is 22.7 Å². The summed E-state index contributed by atoms with van der Waals surface area (Å²) in [5.74, 6) is -0.0607. The number of carbonyl (C=O) groups is 1. The van der Waals surface area contributed by atoms with Gasteiger partial charge in [0.25, 0.3) is 5.91 Å². The van der Waals surface area contributed by atoms with Crippen LogP contribution in [0.5, 0.6) is 0 Å². The summed E-state index contributed by atoms with van der Waals surface area (Å²) in [6, 6.07) is 4.15. The molecule has 1 aromatic carbocycles. The Labute approximate surface area is 131 Å². The molecule has 6 heteroatoms. The molecule has 4 nitrogen and oxygen atoms in total. The smallest absolute Gasteiger partial charge is 0.255 e. The van der Waals surface area contributed by atoms with Gasteiger partial charge in [-0.1, -0.05) is 0 Å². The first-order chi connectivity index (χ1) is 10.1. The molecule has 0 saturated carbocycles. The number of amides is 1. The van der Waals surface area contributed by atoms with Gasteiger partial charge in [-0.15, -0.1) is 0 Å². The van der Waals surface area contributed by atoms with Crippen LogP contribution < -0.4 is 0 Å². The van der Waals surface area contributed by atoms with Crippen LogP contribution in [0.1, 0.15) is 23.2 Å². The zero-order valence-electron chi connectivity index (χ0n) is 11.6. The Kier molecular flexibility index (Phi) is 4.57. The molecule has 0 bridgehead atoms. The third-order valence-electron chi connectivity index (χ3n) is 4.02. The van der Waals surface area contributed by atoms with Crippen molar-refractivity contribution in [3.05, 3.63) is 34.1 Å². The van der Waals surface area contributed by atoms with E-state index in [0.717, 1.165) is 12.8 Å². The molecule has 2 saturated heterocycles. The van der Waals surface area contributed by atoms with Crippen LogP contribution >= 0.6 is 15.9 Å². The molecular weight excluding hydrogens is 341 g/mol. The Hall–Kier alpha value is -0.980. The summed E-state index contributed by atoms with van der Waals surface area (Å²) in [7, 11) is 0. The zero-order chi connectivity index (χ0) is 14.8. The molecule has 2 heterocycles. The molecule has 3 rings (SSSR count). The van der Waals surface area contributed by atoms with Crippen molar-refractivity contribution in [1.29, 1.82) is 0 Å². The van der Waals surface area contributed by atoms with Crippen LogP contribution in [0.25, 0.3) is 0 Å². The Morgan fingerprint density at radius 2 is 1.90 bits per heavy atom. The second-order valence-electron chi connectivity index (χ2n) is 5.36. The average Bonchev–Trinajstić information content (AvgIpc) is 3.01. The predicted molar refractivity (Wildman–Crippen MR) is 78.4 cm³/mol. The molecule has 2 aliphatic rings. The average molecular weight is 358 g/mol. The van der Waals surface area contributed by atoms with Gasteiger partial charge in [0.15, 0.2) is 6.29 Å². The Morgan fingerprint density at radius 3 is 2.52 bits per heavy atom. The molecule has 0 radical (unpaired) electrons. The van der Waals surface area contributed by atoms with Crippen LogP contribution in [0.3, 0.4) is 0 Å². The number of hydrogen-bond donors (Lipinski definition) is 0. The maximum atomic E-state index is 13.1. The minimum absolute atomic E-state index is 0.0615. The van der Waals surface area contributed by atoms with Crippen molar-refractivity contribution in [2.45, 2.75) is 19.1 Å². The Bertz CT molecular complexity index is 526. The maximum Gasteiger partial charge on any atom is 0.255 e. The summed E-state index contributed by atoms with van der Waals surface area (Å²) in [4.78, 5) is 14.3. The van der Waals surface area contributed by atoms with E-state index in [1.165, 1.54) is 18.2 Å². The van der Waals surface area contributed by atoms with Gasteiger partial charge in [-0.25, -0.2) is 4.39 Å². The number of halogens is 2. The quantitative estimate of drug-likeness (QED) is 0.816. The van der Waals surface area contributed by atoms with Gasteiger partial charge >= 0.3 is 0 Å². The summed E-state index contributed by atoms with van der Waals surface area (Å²) >= 11 is 3.25. The molecule has 0 N–H and O–H groups in total. The fourth-order valence-corrected chi connectivity index (χ4v) is 3.38. The molecule has 114 valence electrons. The summed E-state index contributed by atoms with van der Waals surface area (Å²) in [6.07, 6.45) is 1.63. The normalized spacial score (nSPS) is 21.0. The number of rotatable bonds is 2. The lowest BCUT2D eigenvalue weighted by Gasteiger charge is -2.34. The molecule has 0 spiro atoms. The van der Waals surface area contributed by atoms with Gasteiger partial charge in [0.1, 0.15) is 5.82 Å². The second-order valence-corrected chi connectivity index (χ2v) is 6.22. The summed E-state index contributed by atoms with van der Waals surface area (Å²) in [6.45, 7) is 2.67. The third kappa shape index (κ3) is 3.27. The minimum atomic E-state index is -0.354. The number of ether oxygens (including phenoxy) is 2. The minimum Gasteiger partial charge on any atom is -0.350 e. The molecule has 21 heavy (non-hydrogen) atoms. The number of piperidine rings is 1. The van der Waals surface area contributed by atoms with E-state index in [4.69, 9.17) is 9.47 Å². The van der Waals surface area contributed by atoms with E-state index in [1.54, 1.807) is 0 Å². The molecular formula is C15H17BrFNO3. The SMILES string of the molecule is O=C(c1ccc(F)cc1Br)N1CCC(C2OCCO2)CC1. The second kappa shape index (κ2) is 6.42. The van der Waals surface area contributed by atoms with E-state index in [2.05, 4.69) is 15.9 Å². The van der Waals surface area contributed by atoms with Crippen molar-refractivity contribution >= 4 is 21.8 Å². The van der Waals surface area contributed by atoms with Gasteiger partial charge in [-0.2, -0.15) is 0 Å². The molecule has 2 fully saturated rings. The predicted octanol–water partition coefficient (Wildman–Crippen LogP) is 2.81. The van der Waals surface area contributed by atoms with E-state index in [-0.39, 0.29) is 18.0 Å². The topological polar surface area (TPSA) is 38.8 Å². The van der Waals surface area contributed by atoms with E-state index in [1.807, 2.05) is 4.90 Å². The van der Waals surface area contributed by atoms with E-state index in [9.17, 15) is 9.18 Å². The van der Waals surface area contributed by atoms with Gasteiger partial charge in [-0.05, 0) is 47.0 Å². The Balaban J connectivity index is 1.62. The monoisotopic (exact) mass is 357 g/mol. The molecule has 1 aromatic rings. The fraction of sp³-hybridized carbons (Fsp3) is 0.533. The van der Waals surface area contributed by atoms with Crippen molar-refractivity contribution < 1.29 is 18.7 Å². The van der Waals surface area contributed by atoms with Crippen molar-refractivity contribution in [2.75, 3.05) is 26.3 Å². The maximum absolute atomic E-state index is 13.1. The lowest BCUT2D eigenvalue weighted by molar-refractivity contribution is -0.0956. The van der Waals surface area contributed by atoms with Crippen molar-refractivity contribution in [3.8, 4) is 0 Å². The van der Waals surface area contributed by atoms with Gasteiger partial charge < -0.3 is 14.4 Å². The molecule has 1 amide bonds. The molecule has 0 aromatic heterocycles. The van der Waals surface area contributed by atoms with Crippen molar-refractivity contribution in [2.24, 2.45) is 5.92 Å². The number of benzene rings is 1. The highest BCUT2D eigenvalue weighted by Gasteiger charge is 2.32. The van der Waals surface area contributed by atoms with Gasteiger partial charge in [0.05, 0.1) is 18.8 Å². The van der Waals surface area contributed by atoms with Crippen molar-refractivity contribution in [3.63, 3.8) is 0 Å². The van der Waals surface area contributed by atoms with Crippen LogP contribution in [-0.4, -0.2) is 43.4 Å². The standard InChI is InChI=1S/C15H17BrFNO3/c16-13-9-11(17)1-2-12(13)14(19)18-5-3-10(4-6-18)15-20-7-8-21-15/h1-2,9-10,15H,3-8H2. The lowest BCUT2D eigenvalue weighted by atomic mass is 9.95. The lowest BCUT2D eigenvalue weighted by Crippen LogP contribution is -2.41. The zero-order valence-corrected chi connectivity index (χ0v) is 13.1. The molecule has 0 aliphatic carbocycles. The fourth-order valence-electron chi connectivity index (χ4n) is 2.86. The summed E-state index contributed by atoms with van der Waals surface area (Å²) in [5.41, 5.74) is 0.503. The van der Waals surface area contributed by atoms with Crippen LogP contribution in [0.4, 0.5) is 4.39 Å². The molecule has 0 atom stereocenters. The van der Waals surface area contributed by atoms with E-state index in [0.29, 0.717) is 42.3 Å². The Morgan fingerprint density at radius 1 is 1.24 bits per heavy atom. The van der Waals surface area contributed by atoms with E-state index >= 15 is 0 Å². The number of nitrogens with zero attached hydrogens (tertiary/aromatic N) is 1. The first-order valence-corrected chi connectivity index (χ1v) is 7.92. The highest BCUT2D eigenvalue weighted by Crippen LogP contribution is 2.27. The summed E-state index contributed by atoms with van der Waals surface area (Å²) in [5, 5.41) is 0. The highest BCUT2D eigenvalue weighted by atomic mass is 79.9.